The van der Waals surface area contributed by atoms with Crippen LogP contribution < -0.4 is 0 Å². The Morgan fingerprint density at radius 1 is 1.12 bits per heavy atom. The first-order chi connectivity index (χ1) is 12.3. The lowest BCUT2D eigenvalue weighted by molar-refractivity contribution is 0.0958. The van der Waals surface area contributed by atoms with E-state index in [-0.39, 0.29) is 11.7 Å². The molecule has 0 bridgehead atoms. The summed E-state index contributed by atoms with van der Waals surface area (Å²) in [4.78, 5) is 25.6. The highest BCUT2D eigenvalue weighted by molar-refractivity contribution is 5.98. The fraction of sp³-hybridized carbons (Fsp3) is 0.167. The number of furan rings is 1. The fourth-order valence-corrected chi connectivity index (χ4v) is 3.23. The van der Waals surface area contributed by atoms with Crippen LogP contribution in [0.15, 0.2) is 53.5 Å². The van der Waals surface area contributed by atoms with E-state index < -0.39 is 0 Å². The zero-order valence-electron chi connectivity index (χ0n) is 13.2. The number of carbonyl (C=O) groups excluding carboxylic acids is 1. The molecule has 0 spiro atoms. The Labute approximate surface area is 142 Å². The van der Waals surface area contributed by atoms with Gasteiger partial charge in [-0.15, -0.1) is 5.10 Å². The van der Waals surface area contributed by atoms with E-state index >= 15 is 0 Å². The van der Waals surface area contributed by atoms with Crippen LogP contribution in [-0.2, 0) is 6.42 Å². The highest BCUT2D eigenvalue weighted by Crippen LogP contribution is 2.32. The van der Waals surface area contributed by atoms with Gasteiger partial charge in [-0.3, -0.25) is 9.78 Å². The number of rotatable bonds is 2. The third-order valence-corrected chi connectivity index (χ3v) is 4.47. The Kier molecular flexibility index (Phi) is 3.00. The summed E-state index contributed by atoms with van der Waals surface area (Å²) in [6.07, 6.45) is 7.82. The molecule has 0 aromatic carbocycles. The molecule has 0 fully saturated rings. The first-order valence-electron chi connectivity index (χ1n) is 8.01. The van der Waals surface area contributed by atoms with Gasteiger partial charge in [0.2, 0.25) is 0 Å². The molecule has 0 saturated heterocycles. The van der Waals surface area contributed by atoms with Crippen LogP contribution in [0.5, 0.6) is 0 Å². The van der Waals surface area contributed by atoms with Crippen molar-refractivity contribution in [3.63, 3.8) is 0 Å². The number of nitrogens with zero attached hydrogens (tertiary/aromatic N) is 5. The van der Waals surface area contributed by atoms with Crippen molar-refractivity contribution in [2.24, 2.45) is 0 Å². The number of aromatic nitrogens is 5. The second kappa shape index (κ2) is 5.34. The first-order valence-corrected chi connectivity index (χ1v) is 8.01. The van der Waals surface area contributed by atoms with Gasteiger partial charge in [-0.05, 0) is 24.3 Å². The normalized spacial score (nSPS) is 17.0. The van der Waals surface area contributed by atoms with Gasteiger partial charge in [0.1, 0.15) is 5.76 Å². The van der Waals surface area contributed by atoms with Crippen LogP contribution in [0.2, 0.25) is 0 Å². The molecule has 0 N–H and O–H groups in total. The van der Waals surface area contributed by atoms with Gasteiger partial charge in [0.25, 0.3) is 5.78 Å². The van der Waals surface area contributed by atoms with Crippen molar-refractivity contribution < 1.29 is 9.21 Å². The summed E-state index contributed by atoms with van der Waals surface area (Å²) in [5.74, 6) is 1.94. The smallest absolute Gasteiger partial charge is 0.252 e. The molecule has 4 heterocycles. The topological polar surface area (TPSA) is 86.2 Å². The van der Waals surface area contributed by atoms with Crippen molar-refractivity contribution in [1.29, 1.82) is 0 Å². The number of pyridine rings is 1. The van der Waals surface area contributed by atoms with Crippen LogP contribution in [0.1, 0.15) is 34.2 Å². The zero-order chi connectivity index (χ0) is 16.8. The molecule has 0 amide bonds. The van der Waals surface area contributed by atoms with Crippen LogP contribution in [0, 0.1) is 0 Å². The van der Waals surface area contributed by atoms with Crippen molar-refractivity contribution in [2.45, 2.75) is 18.8 Å². The average Bonchev–Trinajstić information content (AvgIpc) is 3.30. The van der Waals surface area contributed by atoms with E-state index in [1.165, 1.54) is 0 Å². The monoisotopic (exact) mass is 331 g/mol. The minimum Gasteiger partial charge on any atom is -0.469 e. The van der Waals surface area contributed by atoms with Gasteiger partial charge in [-0.25, -0.2) is 9.50 Å². The second-order valence-corrected chi connectivity index (χ2v) is 6.06. The van der Waals surface area contributed by atoms with E-state index in [9.17, 15) is 4.79 Å². The molecule has 1 aliphatic carbocycles. The van der Waals surface area contributed by atoms with Crippen LogP contribution in [0.25, 0.3) is 17.2 Å². The number of fused-ring (bicyclic) bond motifs is 2. The Bertz CT molecular complexity index is 1070. The first kappa shape index (κ1) is 14.0. The molecular weight excluding hydrogens is 318 g/mol. The number of ketones is 1. The Hall–Kier alpha value is -3.35. The predicted octanol–water partition coefficient (Wildman–Crippen LogP) is 2.69. The summed E-state index contributed by atoms with van der Waals surface area (Å²) in [5, 5.41) is 4.44. The van der Waals surface area contributed by atoms with Gasteiger partial charge < -0.3 is 4.42 Å². The van der Waals surface area contributed by atoms with Crippen molar-refractivity contribution in [2.75, 3.05) is 0 Å². The molecule has 7 nitrogen and oxygen atoms in total. The number of hydrogen-bond acceptors (Lipinski definition) is 6. The Balaban J connectivity index is 1.59. The molecule has 5 rings (SSSR count). The standard InChI is InChI=1S/C18H13N5O2/c24-15-9-12(16-2-1-7-25-16)8-14-13(15)10-23-18(20-14)21-17(22-23)11-3-5-19-6-4-11/h1-7,10,12H,8-9H2. The lowest BCUT2D eigenvalue weighted by Crippen LogP contribution is -2.21. The Morgan fingerprint density at radius 3 is 2.80 bits per heavy atom. The highest BCUT2D eigenvalue weighted by atomic mass is 16.3. The van der Waals surface area contributed by atoms with Gasteiger partial charge >= 0.3 is 0 Å². The molecule has 4 aromatic rings. The van der Waals surface area contributed by atoms with Crippen molar-refractivity contribution in [1.82, 2.24) is 24.6 Å². The SMILES string of the molecule is O=C1CC(c2ccco2)Cc2nc3nc(-c4ccncc4)nn3cc21. The quantitative estimate of drug-likeness (QED) is 0.561. The maximum Gasteiger partial charge on any atom is 0.252 e. The van der Waals surface area contributed by atoms with Crippen LogP contribution >= 0.6 is 0 Å². The lowest BCUT2D eigenvalue weighted by atomic mass is 9.85. The van der Waals surface area contributed by atoms with Gasteiger partial charge in [0.15, 0.2) is 11.6 Å². The molecule has 0 aliphatic heterocycles. The summed E-state index contributed by atoms with van der Waals surface area (Å²) < 4.78 is 7.04. The third kappa shape index (κ3) is 2.32. The van der Waals surface area contributed by atoms with Gasteiger partial charge in [-0.1, -0.05) is 0 Å². The van der Waals surface area contributed by atoms with Crippen LogP contribution in [0.3, 0.4) is 0 Å². The minimum atomic E-state index is 0.0209. The summed E-state index contributed by atoms with van der Waals surface area (Å²) in [6.45, 7) is 0. The molecule has 122 valence electrons. The van der Waals surface area contributed by atoms with Gasteiger partial charge in [-0.2, -0.15) is 4.98 Å². The molecule has 1 unspecified atom stereocenters. The van der Waals surface area contributed by atoms with Crippen molar-refractivity contribution >= 4 is 11.6 Å². The molecule has 1 aliphatic rings. The van der Waals surface area contributed by atoms with Gasteiger partial charge in [0, 0.05) is 42.9 Å². The zero-order valence-corrected chi connectivity index (χ0v) is 13.2. The number of hydrogen-bond donors (Lipinski definition) is 0. The van der Waals surface area contributed by atoms with E-state index in [1.54, 1.807) is 29.4 Å². The second-order valence-electron chi connectivity index (χ2n) is 6.06. The maximum atomic E-state index is 12.6. The third-order valence-electron chi connectivity index (χ3n) is 4.47. The fourth-order valence-electron chi connectivity index (χ4n) is 3.23. The minimum absolute atomic E-state index is 0.0209. The average molecular weight is 331 g/mol. The Morgan fingerprint density at radius 2 is 2.00 bits per heavy atom. The lowest BCUT2D eigenvalue weighted by Gasteiger charge is -2.20. The molecule has 1 atom stereocenters. The van der Waals surface area contributed by atoms with E-state index in [1.807, 2.05) is 24.3 Å². The molecule has 0 saturated carbocycles. The molecule has 25 heavy (non-hydrogen) atoms. The van der Waals surface area contributed by atoms with Crippen LogP contribution in [-0.4, -0.2) is 30.3 Å². The van der Waals surface area contributed by atoms with E-state index in [4.69, 9.17) is 4.42 Å². The van der Waals surface area contributed by atoms with E-state index in [2.05, 4.69) is 20.1 Å². The molecular formula is C18H13N5O2. The van der Waals surface area contributed by atoms with E-state index in [0.29, 0.717) is 30.0 Å². The number of Topliss-reactive ketones (excluding diaryl/α,β-unsaturated/α-hetero) is 1. The predicted molar refractivity (Wildman–Crippen MR) is 88.1 cm³/mol. The van der Waals surface area contributed by atoms with Crippen molar-refractivity contribution in [3.8, 4) is 11.4 Å². The largest absolute Gasteiger partial charge is 0.469 e. The summed E-state index contributed by atoms with van der Waals surface area (Å²) in [5.41, 5.74) is 2.22. The molecule has 0 radical (unpaired) electrons. The van der Waals surface area contributed by atoms with Gasteiger partial charge in [0.05, 0.1) is 17.5 Å². The number of carbonyl (C=O) groups is 1. The van der Waals surface area contributed by atoms with Crippen molar-refractivity contribution in [3.05, 3.63) is 66.1 Å². The summed E-state index contributed by atoms with van der Waals surface area (Å²) in [7, 11) is 0. The molecule has 7 heteroatoms. The summed E-state index contributed by atoms with van der Waals surface area (Å²) in [6, 6.07) is 7.42. The highest BCUT2D eigenvalue weighted by Gasteiger charge is 2.30. The molecule has 4 aromatic heterocycles. The van der Waals surface area contributed by atoms with Crippen LogP contribution in [0.4, 0.5) is 0 Å². The summed E-state index contributed by atoms with van der Waals surface area (Å²) >= 11 is 0. The van der Waals surface area contributed by atoms with E-state index in [0.717, 1.165) is 17.0 Å². The maximum absolute atomic E-state index is 12.6.